The minimum Gasteiger partial charge on any atom is -0.465 e. The van der Waals surface area contributed by atoms with E-state index in [9.17, 15) is 13.2 Å². The summed E-state index contributed by atoms with van der Waals surface area (Å²) in [6, 6.07) is 12.9. The molecule has 128 valence electrons. The molecule has 0 amide bonds. The van der Waals surface area contributed by atoms with Crippen LogP contribution in [0, 0.1) is 0 Å². The van der Waals surface area contributed by atoms with Crippen LogP contribution in [0.15, 0.2) is 57.9 Å². The van der Waals surface area contributed by atoms with Gasteiger partial charge >= 0.3 is 5.97 Å². The van der Waals surface area contributed by atoms with Gasteiger partial charge in [0, 0.05) is 10.5 Å². The van der Waals surface area contributed by atoms with Crippen LogP contribution in [0.1, 0.15) is 35.3 Å². The van der Waals surface area contributed by atoms with E-state index in [1.807, 2.05) is 31.2 Å². The first-order valence-corrected chi connectivity index (χ1v) is 9.61. The summed E-state index contributed by atoms with van der Waals surface area (Å²) in [5.41, 5.74) is 1.06. The van der Waals surface area contributed by atoms with Crippen molar-refractivity contribution in [2.75, 3.05) is 7.11 Å². The molecule has 7 heteroatoms. The lowest BCUT2D eigenvalue weighted by Crippen LogP contribution is -2.28. The minimum absolute atomic E-state index is 0.0287. The Balaban J connectivity index is 2.29. The van der Waals surface area contributed by atoms with E-state index < -0.39 is 16.0 Å². The zero-order valence-electron chi connectivity index (χ0n) is 13.3. The predicted octanol–water partition coefficient (Wildman–Crippen LogP) is 3.67. The highest BCUT2D eigenvalue weighted by atomic mass is 79.9. The minimum atomic E-state index is -3.76. The van der Waals surface area contributed by atoms with Gasteiger partial charge in [-0.3, -0.25) is 0 Å². The van der Waals surface area contributed by atoms with Crippen molar-refractivity contribution in [2.24, 2.45) is 0 Å². The predicted molar refractivity (Wildman–Crippen MR) is 95.3 cm³/mol. The van der Waals surface area contributed by atoms with E-state index in [-0.39, 0.29) is 16.5 Å². The van der Waals surface area contributed by atoms with Gasteiger partial charge in [0.1, 0.15) is 0 Å². The molecule has 24 heavy (non-hydrogen) atoms. The summed E-state index contributed by atoms with van der Waals surface area (Å²) in [6.45, 7) is 1.90. The highest BCUT2D eigenvalue weighted by Gasteiger charge is 2.21. The number of ether oxygens (including phenoxy) is 1. The van der Waals surface area contributed by atoms with Crippen molar-refractivity contribution in [1.29, 1.82) is 0 Å². The zero-order valence-corrected chi connectivity index (χ0v) is 15.7. The zero-order chi connectivity index (χ0) is 17.7. The van der Waals surface area contributed by atoms with Gasteiger partial charge in [-0.15, -0.1) is 0 Å². The van der Waals surface area contributed by atoms with Gasteiger partial charge in [-0.05, 0) is 42.3 Å². The molecule has 0 aliphatic heterocycles. The fourth-order valence-electron chi connectivity index (χ4n) is 2.25. The molecular weight excluding hydrogens is 394 g/mol. The van der Waals surface area contributed by atoms with Crippen LogP contribution < -0.4 is 4.72 Å². The second-order valence-electron chi connectivity index (χ2n) is 5.15. The third kappa shape index (κ3) is 4.43. The van der Waals surface area contributed by atoms with Crippen molar-refractivity contribution >= 4 is 31.9 Å². The summed E-state index contributed by atoms with van der Waals surface area (Å²) in [7, 11) is -2.51. The average molecular weight is 412 g/mol. The van der Waals surface area contributed by atoms with Gasteiger partial charge in [-0.2, -0.15) is 0 Å². The summed E-state index contributed by atoms with van der Waals surface area (Å²) >= 11 is 3.36. The van der Waals surface area contributed by atoms with Crippen LogP contribution in [0.3, 0.4) is 0 Å². The van der Waals surface area contributed by atoms with Gasteiger partial charge in [0.15, 0.2) is 0 Å². The topological polar surface area (TPSA) is 72.5 Å². The van der Waals surface area contributed by atoms with Crippen molar-refractivity contribution < 1.29 is 17.9 Å². The van der Waals surface area contributed by atoms with Gasteiger partial charge in [-0.25, -0.2) is 17.9 Å². The van der Waals surface area contributed by atoms with Gasteiger partial charge in [-0.1, -0.05) is 41.1 Å². The Morgan fingerprint density at radius 3 is 2.46 bits per heavy atom. The van der Waals surface area contributed by atoms with E-state index in [0.29, 0.717) is 6.42 Å². The molecule has 0 radical (unpaired) electrons. The molecule has 0 aliphatic rings. The van der Waals surface area contributed by atoms with Crippen LogP contribution in [-0.4, -0.2) is 21.5 Å². The maximum absolute atomic E-state index is 12.6. The van der Waals surface area contributed by atoms with Crippen molar-refractivity contribution in [3.63, 3.8) is 0 Å². The van der Waals surface area contributed by atoms with Crippen molar-refractivity contribution in [3.8, 4) is 0 Å². The molecule has 2 rings (SSSR count). The first kappa shape index (κ1) is 18.6. The number of carbonyl (C=O) groups excluding carboxylic acids is 1. The summed E-state index contributed by atoms with van der Waals surface area (Å²) in [5, 5.41) is 0. The number of hydrogen-bond acceptors (Lipinski definition) is 4. The molecule has 2 aromatic rings. The fourth-order valence-corrected chi connectivity index (χ4v) is 3.86. The lowest BCUT2D eigenvalue weighted by molar-refractivity contribution is 0.0600. The van der Waals surface area contributed by atoms with Gasteiger partial charge in [0.05, 0.1) is 17.6 Å². The lowest BCUT2D eigenvalue weighted by Gasteiger charge is -2.18. The summed E-state index contributed by atoms with van der Waals surface area (Å²) in [6.07, 6.45) is 0.595. The maximum atomic E-state index is 12.6. The Hall–Kier alpha value is -1.70. The fraction of sp³-hybridized carbons (Fsp3) is 0.235. The van der Waals surface area contributed by atoms with Gasteiger partial charge in [0.2, 0.25) is 10.0 Å². The van der Waals surface area contributed by atoms with Crippen LogP contribution in [-0.2, 0) is 14.8 Å². The second-order valence-corrected chi connectivity index (χ2v) is 7.78. The number of benzene rings is 2. The monoisotopic (exact) mass is 411 g/mol. The Kier molecular flexibility index (Phi) is 6.15. The third-order valence-corrected chi connectivity index (χ3v) is 5.54. The first-order valence-electron chi connectivity index (χ1n) is 7.33. The van der Waals surface area contributed by atoms with Crippen LogP contribution in [0.2, 0.25) is 0 Å². The summed E-state index contributed by atoms with van der Waals surface area (Å²) in [4.78, 5) is 11.6. The number of esters is 1. The Morgan fingerprint density at radius 2 is 1.88 bits per heavy atom. The molecule has 1 N–H and O–H groups in total. The molecule has 0 aromatic heterocycles. The van der Waals surface area contributed by atoms with Crippen LogP contribution >= 0.6 is 15.9 Å². The average Bonchev–Trinajstić information content (AvgIpc) is 2.60. The molecular formula is C17H18BrNO4S. The van der Waals surface area contributed by atoms with Crippen molar-refractivity contribution in [2.45, 2.75) is 24.3 Å². The number of hydrogen-bond donors (Lipinski definition) is 1. The lowest BCUT2D eigenvalue weighted by atomic mass is 10.1. The number of rotatable bonds is 6. The Labute approximate surface area is 150 Å². The second kappa shape index (κ2) is 7.92. The number of nitrogens with one attached hydrogen (secondary N) is 1. The largest absolute Gasteiger partial charge is 0.465 e. The van der Waals surface area contributed by atoms with Crippen LogP contribution in [0.5, 0.6) is 0 Å². The van der Waals surface area contributed by atoms with Gasteiger partial charge in [0.25, 0.3) is 0 Å². The van der Waals surface area contributed by atoms with Gasteiger partial charge < -0.3 is 4.74 Å². The number of methoxy groups -OCH3 is 1. The molecule has 1 unspecified atom stereocenters. The summed E-state index contributed by atoms with van der Waals surface area (Å²) in [5.74, 6) is -0.577. The van der Waals surface area contributed by atoms with E-state index in [4.69, 9.17) is 0 Å². The standard InChI is InChI=1S/C17H18BrNO4S/c1-3-16(12-7-9-14(18)10-8-12)19-24(21,22)15-6-4-5-13(11-15)17(20)23-2/h4-11,16,19H,3H2,1-2H3. The van der Waals surface area contributed by atoms with Crippen LogP contribution in [0.4, 0.5) is 0 Å². The first-order chi connectivity index (χ1) is 11.4. The Bertz CT molecular complexity index is 819. The maximum Gasteiger partial charge on any atom is 0.337 e. The van der Waals surface area contributed by atoms with E-state index >= 15 is 0 Å². The molecule has 0 heterocycles. The smallest absolute Gasteiger partial charge is 0.337 e. The quantitative estimate of drug-likeness (QED) is 0.735. The molecule has 2 aromatic carbocycles. The summed E-state index contributed by atoms with van der Waals surface area (Å²) < 4.78 is 33.5. The molecule has 0 saturated heterocycles. The van der Waals surface area contributed by atoms with Crippen LogP contribution in [0.25, 0.3) is 0 Å². The van der Waals surface area contributed by atoms with E-state index in [1.54, 1.807) is 0 Å². The highest BCUT2D eigenvalue weighted by Crippen LogP contribution is 2.22. The number of sulfonamides is 1. The number of halogens is 1. The number of carbonyl (C=O) groups is 1. The van der Waals surface area contributed by atoms with Crippen molar-refractivity contribution in [3.05, 3.63) is 64.1 Å². The molecule has 5 nitrogen and oxygen atoms in total. The highest BCUT2D eigenvalue weighted by molar-refractivity contribution is 9.10. The Morgan fingerprint density at radius 1 is 1.21 bits per heavy atom. The molecule has 0 aliphatic carbocycles. The molecule has 0 fully saturated rings. The SMILES string of the molecule is CCC(NS(=O)(=O)c1cccc(C(=O)OC)c1)c1ccc(Br)cc1. The van der Waals surface area contributed by atoms with Crippen molar-refractivity contribution in [1.82, 2.24) is 4.72 Å². The molecule has 0 bridgehead atoms. The molecule has 0 spiro atoms. The van der Waals surface area contributed by atoms with E-state index in [0.717, 1.165) is 10.0 Å². The molecule has 1 atom stereocenters. The molecule has 0 saturated carbocycles. The third-order valence-electron chi connectivity index (χ3n) is 3.54. The van der Waals surface area contributed by atoms with E-state index in [1.165, 1.54) is 31.4 Å². The van der Waals surface area contributed by atoms with E-state index in [2.05, 4.69) is 25.4 Å². The normalized spacial score (nSPS) is 12.6.